The van der Waals surface area contributed by atoms with Crippen molar-refractivity contribution in [3.8, 4) is 0 Å². The summed E-state index contributed by atoms with van der Waals surface area (Å²) < 4.78 is 5.68. The normalized spacial score (nSPS) is 10.1. The number of hydrogen-bond donors (Lipinski definition) is 1. The van der Waals surface area contributed by atoms with Gasteiger partial charge in [-0.05, 0) is 24.3 Å². The van der Waals surface area contributed by atoms with E-state index in [9.17, 15) is 19.7 Å². The predicted molar refractivity (Wildman–Crippen MR) is 91.4 cm³/mol. The lowest BCUT2D eigenvalue weighted by molar-refractivity contribution is -0.384. The molecule has 24 heavy (non-hydrogen) atoms. The lowest BCUT2D eigenvalue weighted by Crippen LogP contribution is -2.14. The third-order valence-corrected chi connectivity index (χ3v) is 3.67. The van der Waals surface area contributed by atoms with Gasteiger partial charge in [-0.15, -0.1) is 0 Å². The van der Waals surface area contributed by atoms with Crippen molar-refractivity contribution >= 4 is 39.1 Å². The van der Waals surface area contributed by atoms with Crippen molar-refractivity contribution in [2.45, 2.75) is 0 Å². The van der Waals surface area contributed by atoms with Crippen LogP contribution in [-0.2, 0) is 4.74 Å². The lowest BCUT2D eigenvalue weighted by Gasteiger charge is -2.06. The van der Waals surface area contributed by atoms with Gasteiger partial charge < -0.3 is 10.1 Å². The van der Waals surface area contributed by atoms with Gasteiger partial charge in [0.15, 0.2) is 12.4 Å². The van der Waals surface area contributed by atoms with Gasteiger partial charge in [0.25, 0.3) is 5.69 Å². The van der Waals surface area contributed by atoms with E-state index in [4.69, 9.17) is 4.74 Å². The Kier molecular flexibility index (Phi) is 5.64. The number of ketones is 1. The molecule has 124 valence electrons. The molecule has 0 spiro atoms. The molecule has 0 atom stereocenters. The van der Waals surface area contributed by atoms with E-state index in [1.165, 1.54) is 19.2 Å². The summed E-state index contributed by atoms with van der Waals surface area (Å²) >= 11 is 3.25. The molecule has 0 amide bonds. The van der Waals surface area contributed by atoms with E-state index in [0.29, 0.717) is 5.56 Å². The Morgan fingerprint density at radius 2 is 1.96 bits per heavy atom. The molecule has 0 saturated carbocycles. The van der Waals surface area contributed by atoms with Crippen LogP contribution in [-0.4, -0.2) is 30.3 Å². The summed E-state index contributed by atoms with van der Waals surface area (Å²) in [6.45, 7) is -0.448. The van der Waals surface area contributed by atoms with Crippen LogP contribution < -0.4 is 5.32 Å². The van der Waals surface area contributed by atoms with Gasteiger partial charge in [-0.3, -0.25) is 14.9 Å². The van der Waals surface area contributed by atoms with Gasteiger partial charge in [0.2, 0.25) is 0 Å². The zero-order valence-electron chi connectivity index (χ0n) is 12.6. The topological polar surface area (TPSA) is 98.5 Å². The van der Waals surface area contributed by atoms with Crippen LogP contribution in [0, 0.1) is 10.1 Å². The van der Waals surface area contributed by atoms with Crippen LogP contribution in [0.1, 0.15) is 20.7 Å². The Hall–Kier alpha value is -2.74. The van der Waals surface area contributed by atoms with Crippen LogP contribution >= 0.6 is 15.9 Å². The van der Waals surface area contributed by atoms with E-state index < -0.39 is 17.5 Å². The van der Waals surface area contributed by atoms with Crippen molar-refractivity contribution in [2.24, 2.45) is 0 Å². The summed E-state index contributed by atoms with van der Waals surface area (Å²) in [6.07, 6.45) is 0. The average molecular weight is 393 g/mol. The number of nitro groups is 1. The fraction of sp³-hybridized carbons (Fsp3) is 0.125. The summed E-state index contributed by atoms with van der Waals surface area (Å²) in [5, 5.41) is 13.7. The third-order valence-electron chi connectivity index (χ3n) is 3.18. The Balaban J connectivity index is 2.09. The number of rotatable bonds is 6. The number of hydrogen-bond acceptors (Lipinski definition) is 6. The van der Waals surface area contributed by atoms with Gasteiger partial charge in [0, 0.05) is 23.2 Å². The van der Waals surface area contributed by atoms with Crippen LogP contribution in [0.2, 0.25) is 0 Å². The minimum absolute atomic E-state index is 0.00254. The van der Waals surface area contributed by atoms with Crippen molar-refractivity contribution in [1.29, 1.82) is 0 Å². The first-order valence-corrected chi connectivity index (χ1v) is 7.63. The summed E-state index contributed by atoms with van der Waals surface area (Å²) in [6, 6.07) is 10.6. The Bertz CT molecular complexity index is 807. The molecule has 0 heterocycles. The highest BCUT2D eigenvalue weighted by molar-refractivity contribution is 9.10. The van der Waals surface area contributed by atoms with Crippen molar-refractivity contribution < 1.29 is 19.2 Å². The minimum atomic E-state index is -0.802. The highest BCUT2D eigenvalue weighted by Gasteiger charge is 2.18. The zero-order valence-corrected chi connectivity index (χ0v) is 14.2. The molecule has 7 nitrogen and oxygen atoms in total. The lowest BCUT2D eigenvalue weighted by atomic mass is 10.1. The number of benzene rings is 2. The smallest absolute Gasteiger partial charge is 0.338 e. The standard InChI is InChI=1S/C16H13BrN2O5/c1-18-13-6-5-11(8-14(13)19(22)23)16(21)24-9-15(20)10-3-2-4-12(17)7-10/h2-8,18H,9H2,1H3. The van der Waals surface area contributed by atoms with E-state index in [1.807, 2.05) is 0 Å². The molecule has 0 aliphatic carbocycles. The molecule has 1 N–H and O–H groups in total. The fourth-order valence-electron chi connectivity index (χ4n) is 1.98. The summed E-state index contributed by atoms with van der Waals surface area (Å²) in [5.74, 6) is -1.17. The Morgan fingerprint density at radius 1 is 1.21 bits per heavy atom. The number of esters is 1. The van der Waals surface area contributed by atoms with Gasteiger partial charge in [-0.25, -0.2) is 4.79 Å². The average Bonchev–Trinajstić information content (AvgIpc) is 2.58. The van der Waals surface area contributed by atoms with Crippen LogP contribution in [0.4, 0.5) is 11.4 Å². The number of nitro benzene ring substituents is 1. The number of halogens is 1. The Morgan fingerprint density at radius 3 is 2.58 bits per heavy atom. The molecule has 0 aliphatic rings. The third kappa shape index (κ3) is 4.17. The van der Waals surface area contributed by atoms with Crippen molar-refractivity contribution in [3.05, 3.63) is 68.2 Å². The van der Waals surface area contributed by atoms with Crippen LogP contribution in [0.15, 0.2) is 46.9 Å². The molecule has 0 bridgehead atoms. The summed E-state index contributed by atoms with van der Waals surface area (Å²) in [4.78, 5) is 34.4. The summed E-state index contributed by atoms with van der Waals surface area (Å²) in [7, 11) is 1.54. The van der Waals surface area contributed by atoms with E-state index in [0.717, 1.165) is 10.5 Å². The molecule has 0 aliphatic heterocycles. The van der Waals surface area contributed by atoms with Crippen molar-refractivity contribution in [2.75, 3.05) is 19.0 Å². The van der Waals surface area contributed by atoms with Gasteiger partial charge >= 0.3 is 5.97 Å². The summed E-state index contributed by atoms with van der Waals surface area (Å²) in [5.41, 5.74) is 0.434. The molecular weight excluding hydrogens is 380 g/mol. The van der Waals surface area contributed by atoms with E-state index in [2.05, 4.69) is 21.2 Å². The van der Waals surface area contributed by atoms with E-state index >= 15 is 0 Å². The highest BCUT2D eigenvalue weighted by atomic mass is 79.9. The maximum Gasteiger partial charge on any atom is 0.338 e. The maximum absolute atomic E-state index is 12.0. The Labute approximate surface area is 145 Å². The molecule has 0 aromatic heterocycles. The number of carbonyl (C=O) groups excluding carboxylic acids is 2. The molecule has 0 unspecified atom stereocenters. The van der Waals surface area contributed by atoms with Crippen LogP contribution in [0.25, 0.3) is 0 Å². The van der Waals surface area contributed by atoms with E-state index in [1.54, 1.807) is 24.3 Å². The molecule has 2 aromatic carbocycles. The number of nitrogens with one attached hydrogen (secondary N) is 1. The molecular formula is C16H13BrN2O5. The van der Waals surface area contributed by atoms with Crippen LogP contribution in [0.5, 0.6) is 0 Å². The first-order chi connectivity index (χ1) is 11.4. The number of Topliss-reactive ketones (excluding diaryl/α,β-unsaturated/α-hetero) is 1. The molecule has 2 aromatic rings. The van der Waals surface area contributed by atoms with Crippen LogP contribution in [0.3, 0.4) is 0 Å². The second-order valence-electron chi connectivity index (χ2n) is 4.75. The number of carbonyl (C=O) groups is 2. The largest absolute Gasteiger partial charge is 0.454 e. The molecule has 0 radical (unpaired) electrons. The molecule has 8 heteroatoms. The zero-order chi connectivity index (χ0) is 17.7. The quantitative estimate of drug-likeness (QED) is 0.349. The van der Waals surface area contributed by atoms with E-state index in [-0.39, 0.29) is 22.7 Å². The second kappa shape index (κ2) is 7.69. The first kappa shape index (κ1) is 17.6. The van der Waals surface area contributed by atoms with Crippen molar-refractivity contribution in [1.82, 2.24) is 0 Å². The predicted octanol–water partition coefficient (Wildman–Crippen LogP) is 3.44. The monoisotopic (exact) mass is 392 g/mol. The van der Waals surface area contributed by atoms with Gasteiger partial charge in [0.1, 0.15) is 5.69 Å². The van der Waals surface area contributed by atoms with Gasteiger partial charge in [0.05, 0.1) is 10.5 Å². The second-order valence-corrected chi connectivity index (χ2v) is 5.66. The highest BCUT2D eigenvalue weighted by Crippen LogP contribution is 2.25. The minimum Gasteiger partial charge on any atom is -0.454 e. The van der Waals surface area contributed by atoms with Crippen molar-refractivity contribution in [3.63, 3.8) is 0 Å². The first-order valence-electron chi connectivity index (χ1n) is 6.84. The van der Waals surface area contributed by atoms with Gasteiger partial charge in [-0.2, -0.15) is 0 Å². The SMILES string of the molecule is CNc1ccc(C(=O)OCC(=O)c2cccc(Br)c2)cc1[N+](=O)[O-]. The maximum atomic E-state index is 12.0. The molecule has 0 fully saturated rings. The number of ether oxygens (including phenoxy) is 1. The number of nitrogens with zero attached hydrogens (tertiary/aromatic N) is 1. The molecule has 0 saturated heterocycles. The number of anilines is 1. The molecule has 2 rings (SSSR count). The fourth-order valence-corrected chi connectivity index (χ4v) is 2.38. The van der Waals surface area contributed by atoms with Gasteiger partial charge in [-0.1, -0.05) is 28.1 Å².